The van der Waals surface area contributed by atoms with Gasteiger partial charge in [0.05, 0.1) is 51.0 Å². The van der Waals surface area contributed by atoms with Gasteiger partial charge in [-0.25, -0.2) is 4.85 Å². The first-order valence-corrected chi connectivity index (χ1v) is 26.6. The van der Waals surface area contributed by atoms with Crippen LogP contribution < -0.4 is 0 Å². The predicted molar refractivity (Wildman–Crippen MR) is 317 cm³/mol. The Morgan fingerprint density at radius 1 is 0.372 bits per heavy atom. The van der Waals surface area contributed by atoms with Crippen LogP contribution in [0, 0.1) is 68.9 Å². The van der Waals surface area contributed by atoms with Crippen LogP contribution in [0.2, 0.25) is 0 Å². The molecular weight excluding hydrogens is 964 g/mol. The third-order valence-corrected chi connectivity index (χ3v) is 16.8. The number of alkyl halides is 3. The van der Waals surface area contributed by atoms with E-state index in [0.29, 0.717) is 16.7 Å². The van der Waals surface area contributed by atoms with Crippen molar-refractivity contribution in [2.45, 2.75) is 73.9 Å². The number of aromatic nitrogens is 2. The molecule has 0 saturated heterocycles. The van der Waals surface area contributed by atoms with Gasteiger partial charge in [0.2, 0.25) is 0 Å². The van der Waals surface area contributed by atoms with Crippen LogP contribution in [0.5, 0.6) is 0 Å². The Morgan fingerprint density at radius 3 is 1.23 bits per heavy atom. The maximum atomic E-state index is 14.8. The fourth-order valence-electron chi connectivity index (χ4n) is 13.4. The van der Waals surface area contributed by atoms with Crippen LogP contribution in [0.4, 0.5) is 18.9 Å². The van der Waals surface area contributed by atoms with E-state index in [1.54, 1.807) is 13.0 Å². The number of rotatable bonds is 5. The summed E-state index contributed by atoms with van der Waals surface area (Å²) in [5.41, 5.74) is 23.2. The van der Waals surface area contributed by atoms with E-state index in [1.165, 1.54) is 34.4 Å². The summed E-state index contributed by atoms with van der Waals surface area (Å²) in [7, 11) is 0. The molecule has 13 rings (SSSR count). The number of hydrogen-bond acceptors (Lipinski definition) is 0. The number of halogens is 3. The third-order valence-electron chi connectivity index (χ3n) is 16.8. The van der Waals surface area contributed by atoms with Gasteiger partial charge in [-0.05, 0) is 194 Å². The molecule has 1 aliphatic rings. The molecule has 1 aliphatic heterocycles. The molecule has 4 bridgehead atoms. The van der Waals surface area contributed by atoms with Crippen molar-refractivity contribution in [1.82, 2.24) is 9.13 Å². The van der Waals surface area contributed by atoms with E-state index in [-0.39, 0.29) is 5.69 Å². The van der Waals surface area contributed by atoms with E-state index >= 15 is 0 Å². The lowest BCUT2D eigenvalue weighted by atomic mass is 9.62. The average Bonchev–Trinajstić information content (AvgIpc) is 3.76. The zero-order chi connectivity index (χ0) is 54.3. The Hall–Kier alpha value is -8.92. The molecule has 6 heteroatoms. The van der Waals surface area contributed by atoms with Gasteiger partial charge in [-0.15, -0.1) is 0 Å². The van der Waals surface area contributed by atoms with Gasteiger partial charge in [0, 0.05) is 21.5 Å². The van der Waals surface area contributed by atoms with Crippen molar-refractivity contribution in [3.05, 3.63) is 265 Å². The number of aryl methyl sites for hydroxylation is 9. The topological polar surface area (TPSA) is 14.2 Å². The molecular formula is C72H56F3N3. The predicted octanol–water partition coefficient (Wildman–Crippen LogP) is 19.9. The molecule has 0 amide bonds. The average molecular weight is 1020 g/mol. The summed E-state index contributed by atoms with van der Waals surface area (Å²) in [4.78, 5) is 4.21. The smallest absolute Gasteiger partial charge is 0.308 e. The summed E-state index contributed by atoms with van der Waals surface area (Å²) in [6.45, 7) is 27.9. The zero-order valence-corrected chi connectivity index (χ0v) is 45.2. The summed E-state index contributed by atoms with van der Waals surface area (Å²) in [5, 5.41) is 4.13. The first kappa shape index (κ1) is 48.7. The fraction of sp³-hybridized carbons (Fsp3) is 0.153. The number of fused-ring (bicyclic) bond motifs is 11. The Kier molecular flexibility index (Phi) is 11.0. The molecule has 0 atom stereocenters. The van der Waals surface area contributed by atoms with Crippen LogP contribution in [-0.2, 0) is 11.6 Å². The summed E-state index contributed by atoms with van der Waals surface area (Å²) >= 11 is 0. The normalized spacial score (nSPS) is 13.0. The molecule has 0 radical (unpaired) electrons. The van der Waals surface area contributed by atoms with Gasteiger partial charge in [-0.2, -0.15) is 13.2 Å². The van der Waals surface area contributed by atoms with E-state index in [0.717, 1.165) is 122 Å². The Balaban J connectivity index is 1.29. The van der Waals surface area contributed by atoms with E-state index in [4.69, 9.17) is 6.57 Å². The van der Waals surface area contributed by atoms with Gasteiger partial charge in [0.1, 0.15) is 0 Å². The molecule has 10 aromatic carbocycles. The van der Waals surface area contributed by atoms with E-state index < -0.39 is 17.2 Å². The summed E-state index contributed by atoms with van der Waals surface area (Å²) in [5.74, 6) is 0. The highest BCUT2D eigenvalue weighted by atomic mass is 19.4. The number of nitrogens with zero attached hydrogens (tertiary/aromatic N) is 3. The molecule has 78 heavy (non-hydrogen) atoms. The SMILES string of the molecule is [C-]#[N+]c1cc2c(cc1-c1cc(C)cc(C(F)(F)F)c1)-n1c3cc(-c4ccc(C)cc4C)ccc3c3ccc(cc31)C(c1ccc(C)cc1C)(c1ccc(C)cc1C)c1ccc3c4ccc(-c5ccc(C)cc5C)cc4n-2c3c1. The van der Waals surface area contributed by atoms with Gasteiger partial charge in [-0.3, -0.25) is 0 Å². The fourth-order valence-corrected chi connectivity index (χ4v) is 13.4. The quantitative estimate of drug-likeness (QED) is 0.153. The minimum absolute atomic E-state index is 0.247. The molecule has 0 aliphatic carbocycles. The van der Waals surface area contributed by atoms with Crippen LogP contribution in [0.1, 0.15) is 77.9 Å². The van der Waals surface area contributed by atoms with Crippen LogP contribution in [-0.4, -0.2) is 9.13 Å². The van der Waals surface area contributed by atoms with Gasteiger partial charge in [-0.1, -0.05) is 150 Å². The molecule has 0 saturated carbocycles. The van der Waals surface area contributed by atoms with Crippen molar-refractivity contribution in [2.75, 3.05) is 0 Å². The maximum absolute atomic E-state index is 14.8. The van der Waals surface area contributed by atoms with Crippen molar-refractivity contribution in [3.8, 4) is 44.8 Å². The molecule has 0 spiro atoms. The lowest BCUT2D eigenvalue weighted by Gasteiger charge is -2.39. The van der Waals surface area contributed by atoms with E-state index in [9.17, 15) is 13.2 Å². The monoisotopic (exact) mass is 1020 g/mol. The first-order valence-electron chi connectivity index (χ1n) is 26.6. The molecule has 380 valence electrons. The van der Waals surface area contributed by atoms with Crippen molar-refractivity contribution in [3.63, 3.8) is 0 Å². The molecule has 0 unspecified atom stereocenters. The third kappa shape index (κ3) is 7.39. The first-order chi connectivity index (χ1) is 37.4. The van der Waals surface area contributed by atoms with Crippen LogP contribution in [0.25, 0.3) is 93.2 Å². The van der Waals surface area contributed by atoms with E-state index in [2.05, 4.69) is 215 Å². The summed E-state index contributed by atoms with van der Waals surface area (Å²) in [6, 6.07) is 62.2. The van der Waals surface area contributed by atoms with Crippen LogP contribution >= 0.6 is 0 Å². The lowest BCUT2D eigenvalue weighted by molar-refractivity contribution is -0.137. The highest BCUT2D eigenvalue weighted by molar-refractivity contribution is 6.14. The summed E-state index contributed by atoms with van der Waals surface area (Å²) in [6.07, 6.45) is -4.60. The lowest BCUT2D eigenvalue weighted by Crippen LogP contribution is -2.33. The summed E-state index contributed by atoms with van der Waals surface area (Å²) < 4.78 is 49.2. The molecule has 2 aromatic heterocycles. The maximum Gasteiger partial charge on any atom is 0.416 e. The highest BCUT2D eigenvalue weighted by Gasteiger charge is 2.42. The molecule has 3 heterocycles. The van der Waals surface area contributed by atoms with Gasteiger partial charge in [0.25, 0.3) is 0 Å². The van der Waals surface area contributed by atoms with Gasteiger partial charge < -0.3 is 9.13 Å². The van der Waals surface area contributed by atoms with Crippen molar-refractivity contribution >= 4 is 49.3 Å². The molecule has 0 fully saturated rings. The Bertz CT molecular complexity index is 4560. The van der Waals surface area contributed by atoms with Crippen molar-refractivity contribution in [2.24, 2.45) is 0 Å². The minimum atomic E-state index is -4.60. The molecule has 3 nitrogen and oxygen atoms in total. The van der Waals surface area contributed by atoms with Gasteiger partial charge in [0.15, 0.2) is 5.69 Å². The second-order valence-corrected chi connectivity index (χ2v) is 22.2. The standard InChI is InChI=1S/C72H56F3N3/c1-40-11-19-55(45(6)27-40)49-15-21-57-59-23-17-52-36-67(59)77(65(57)34-49)69-38-61(51-31-44(5)32-54(33-51)72(73,74)75)64(76-10)39-70(69)78-66-35-50(56-20-12-41(2)28-46(56)7)16-22-58(66)60-24-18-53(37-68(60)78)71(52,62-25-13-42(3)29-47(62)8)63-26-14-43(4)30-48(63)9/h11-39H,1-9H3. The number of benzene rings is 10. The number of hydrogen-bond donors (Lipinski definition) is 0. The minimum Gasteiger partial charge on any atom is -0.308 e. The largest absolute Gasteiger partial charge is 0.416 e. The van der Waals surface area contributed by atoms with Gasteiger partial charge >= 0.3 is 6.18 Å². The second-order valence-electron chi connectivity index (χ2n) is 22.2. The van der Waals surface area contributed by atoms with Crippen LogP contribution in [0.3, 0.4) is 0 Å². The van der Waals surface area contributed by atoms with Crippen molar-refractivity contribution in [1.29, 1.82) is 0 Å². The zero-order valence-electron chi connectivity index (χ0n) is 45.2. The second kappa shape index (κ2) is 17.6. The van der Waals surface area contributed by atoms with Crippen LogP contribution in [0.15, 0.2) is 176 Å². The van der Waals surface area contributed by atoms with Crippen molar-refractivity contribution < 1.29 is 13.2 Å². The Morgan fingerprint density at radius 2 is 0.795 bits per heavy atom. The Labute approximate surface area is 453 Å². The highest BCUT2D eigenvalue weighted by Crippen LogP contribution is 2.53. The molecule has 0 N–H and O–H groups in total. The molecule has 12 aromatic rings. The van der Waals surface area contributed by atoms with E-state index in [1.807, 2.05) is 12.1 Å².